The number of amidine groups is 1. The van der Waals surface area contributed by atoms with E-state index in [9.17, 15) is 13.2 Å². The van der Waals surface area contributed by atoms with E-state index >= 15 is 0 Å². The summed E-state index contributed by atoms with van der Waals surface area (Å²) in [5.41, 5.74) is 1.10. The molecule has 1 aromatic carbocycles. The van der Waals surface area contributed by atoms with Crippen LogP contribution in [0.5, 0.6) is 0 Å². The second kappa shape index (κ2) is 9.37. The van der Waals surface area contributed by atoms with Crippen molar-refractivity contribution in [2.24, 2.45) is 4.40 Å². The molecule has 1 amide bonds. The fourth-order valence-electron chi connectivity index (χ4n) is 3.07. The van der Waals surface area contributed by atoms with Crippen molar-refractivity contribution in [3.8, 4) is 0 Å². The minimum atomic E-state index is -3.86. The first-order valence-electron chi connectivity index (χ1n) is 9.39. The number of aromatic nitrogens is 1. The molecule has 1 aromatic heterocycles. The molecule has 9 heteroatoms. The van der Waals surface area contributed by atoms with Crippen molar-refractivity contribution in [1.29, 1.82) is 0 Å². The van der Waals surface area contributed by atoms with Crippen molar-refractivity contribution < 1.29 is 13.2 Å². The average Bonchev–Trinajstić information content (AvgIpc) is 2.88. The second-order valence-electron chi connectivity index (χ2n) is 6.96. The lowest BCUT2D eigenvalue weighted by atomic mass is 10.2. The molecule has 2 aromatic rings. The lowest BCUT2D eigenvalue weighted by Crippen LogP contribution is -2.26. The number of hydrogen-bond donors (Lipinski definition) is 1. The van der Waals surface area contributed by atoms with E-state index in [4.69, 9.17) is 11.6 Å². The van der Waals surface area contributed by atoms with Crippen LogP contribution in [0.1, 0.15) is 31.2 Å². The highest BCUT2D eigenvalue weighted by atomic mass is 35.5. The highest BCUT2D eigenvalue weighted by molar-refractivity contribution is 7.90. The van der Waals surface area contributed by atoms with Gasteiger partial charge in [-0.2, -0.15) is 8.42 Å². The van der Waals surface area contributed by atoms with Gasteiger partial charge in [0.2, 0.25) is 5.91 Å². The highest BCUT2D eigenvalue weighted by Gasteiger charge is 2.19. The Bertz CT molecular complexity index is 1010. The van der Waals surface area contributed by atoms with Crippen molar-refractivity contribution in [3.63, 3.8) is 0 Å². The van der Waals surface area contributed by atoms with Gasteiger partial charge in [-0.15, -0.1) is 4.40 Å². The van der Waals surface area contributed by atoms with Gasteiger partial charge in [-0.25, -0.2) is 4.98 Å². The summed E-state index contributed by atoms with van der Waals surface area (Å²) in [5, 5.41) is 3.07. The largest absolute Gasteiger partial charge is 0.362 e. The predicted molar refractivity (Wildman–Crippen MR) is 114 cm³/mol. The molecule has 0 saturated carbocycles. The van der Waals surface area contributed by atoms with E-state index in [0.717, 1.165) is 25.8 Å². The fraction of sp³-hybridized carbons (Fsp3) is 0.350. The normalized spacial score (nSPS) is 16.5. The van der Waals surface area contributed by atoms with Gasteiger partial charge < -0.3 is 10.2 Å². The molecule has 0 radical (unpaired) electrons. The number of nitrogens with one attached hydrogen (secondary N) is 1. The molecule has 1 N–H and O–H groups in total. The third-order valence-electron chi connectivity index (χ3n) is 4.63. The Balaban J connectivity index is 1.74. The smallest absolute Gasteiger partial charge is 0.284 e. The molecule has 154 valence electrons. The van der Waals surface area contributed by atoms with E-state index in [1.54, 1.807) is 24.3 Å². The van der Waals surface area contributed by atoms with Gasteiger partial charge in [-0.05, 0) is 42.7 Å². The molecule has 1 saturated heterocycles. The Morgan fingerprint density at radius 3 is 2.83 bits per heavy atom. The molecule has 0 spiro atoms. The summed E-state index contributed by atoms with van der Waals surface area (Å²) in [6.45, 7) is 0.796. The predicted octanol–water partition coefficient (Wildman–Crippen LogP) is 3.51. The Kier molecular flexibility index (Phi) is 6.87. The molecule has 0 aliphatic carbocycles. The number of benzene rings is 1. The third kappa shape index (κ3) is 6.01. The zero-order valence-corrected chi connectivity index (χ0v) is 17.7. The quantitative estimate of drug-likeness (QED) is 0.727. The Hall–Kier alpha value is -2.45. The summed E-state index contributed by atoms with van der Waals surface area (Å²) in [6.07, 6.45) is 5.29. The first kappa shape index (κ1) is 21.3. The summed E-state index contributed by atoms with van der Waals surface area (Å²) in [4.78, 5) is 18.2. The van der Waals surface area contributed by atoms with E-state index in [1.165, 1.54) is 18.3 Å². The number of carbonyl (C=O) groups is 1. The van der Waals surface area contributed by atoms with Gasteiger partial charge in [-0.1, -0.05) is 30.2 Å². The minimum absolute atomic E-state index is 0.0496. The maximum absolute atomic E-state index is 12.8. The SMILES string of the molecule is CN1CCCCCC1=NS(=O)(=O)c1cccc(NC(=O)Cc2ccc(Cl)nc2)c1. The molecule has 7 nitrogen and oxygen atoms in total. The van der Waals surface area contributed by atoms with Crippen molar-refractivity contribution in [2.45, 2.75) is 37.0 Å². The van der Waals surface area contributed by atoms with Gasteiger partial charge in [0, 0.05) is 31.9 Å². The third-order valence-corrected chi connectivity index (χ3v) is 6.15. The molecule has 1 fully saturated rings. The first-order valence-corrected chi connectivity index (χ1v) is 11.2. The number of halogens is 1. The molecule has 0 unspecified atom stereocenters. The van der Waals surface area contributed by atoms with Gasteiger partial charge in [0.25, 0.3) is 10.0 Å². The van der Waals surface area contributed by atoms with E-state index in [0.29, 0.717) is 28.7 Å². The molecule has 1 aliphatic rings. The molecular formula is C20H23ClN4O3S. The van der Waals surface area contributed by atoms with E-state index in [2.05, 4.69) is 14.7 Å². The summed E-state index contributed by atoms with van der Waals surface area (Å²) in [5.74, 6) is 0.297. The maximum Gasteiger partial charge on any atom is 0.284 e. The number of sulfonamides is 1. The number of pyridine rings is 1. The van der Waals surface area contributed by atoms with Crippen LogP contribution in [0, 0.1) is 0 Å². The molecule has 0 atom stereocenters. The lowest BCUT2D eigenvalue weighted by molar-refractivity contribution is -0.115. The van der Waals surface area contributed by atoms with E-state index < -0.39 is 10.0 Å². The van der Waals surface area contributed by atoms with Crippen molar-refractivity contribution in [1.82, 2.24) is 9.88 Å². The van der Waals surface area contributed by atoms with Crippen LogP contribution in [-0.2, 0) is 21.2 Å². The molecule has 1 aliphatic heterocycles. The van der Waals surface area contributed by atoms with Crippen LogP contribution in [-0.4, -0.2) is 43.6 Å². The van der Waals surface area contributed by atoms with Crippen LogP contribution in [0.15, 0.2) is 51.9 Å². The van der Waals surface area contributed by atoms with Crippen LogP contribution in [0.4, 0.5) is 5.69 Å². The Labute approximate surface area is 175 Å². The average molecular weight is 435 g/mol. The lowest BCUT2D eigenvalue weighted by Gasteiger charge is -2.17. The summed E-state index contributed by atoms with van der Waals surface area (Å²) in [6, 6.07) is 9.46. The van der Waals surface area contributed by atoms with E-state index in [-0.39, 0.29) is 17.2 Å². The van der Waals surface area contributed by atoms with Crippen molar-refractivity contribution >= 4 is 39.1 Å². The van der Waals surface area contributed by atoms with Gasteiger partial charge in [0.1, 0.15) is 11.0 Å². The topological polar surface area (TPSA) is 91.7 Å². The number of nitrogens with zero attached hydrogens (tertiary/aromatic N) is 3. The number of amides is 1. The number of rotatable bonds is 5. The standard InChI is InChI=1S/C20H23ClN4O3S/c1-25-11-4-2-3-8-19(25)24-29(27,28)17-7-5-6-16(13-17)23-20(26)12-15-9-10-18(21)22-14-15/h5-7,9-10,13-14H,2-4,8,11-12H2,1H3,(H,23,26). The molecule has 0 bridgehead atoms. The minimum Gasteiger partial charge on any atom is -0.362 e. The van der Waals surface area contributed by atoms with Crippen molar-refractivity contribution in [3.05, 3.63) is 53.3 Å². The van der Waals surface area contributed by atoms with Crippen LogP contribution in [0.3, 0.4) is 0 Å². The number of anilines is 1. The van der Waals surface area contributed by atoms with E-state index in [1.807, 2.05) is 11.9 Å². The van der Waals surface area contributed by atoms with Gasteiger partial charge in [0.15, 0.2) is 0 Å². The second-order valence-corrected chi connectivity index (χ2v) is 8.95. The summed E-state index contributed by atoms with van der Waals surface area (Å²) in [7, 11) is -2.00. The van der Waals surface area contributed by atoms with Crippen LogP contribution < -0.4 is 5.32 Å². The van der Waals surface area contributed by atoms with Gasteiger partial charge in [0.05, 0.1) is 11.3 Å². The Morgan fingerprint density at radius 2 is 2.07 bits per heavy atom. The summed E-state index contributed by atoms with van der Waals surface area (Å²) >= 11 is 5.74. The van der Waals surface area contributed by atoms with Crippen LogP contribution >= 0.6 is 11.6 Å². The maximum atomic E-state index is 12.8. The van der Waals surface area contributed by atoms with Crippen molar-refractivity contribution in [2.75, 3.05) is 18.9 Å². The Morgan fingerprint density at radius 1 is 1.24 bits per heavy atom. The number of likely N-dealkylation sites (tertiary alicyclic amines) is 1. The highest BCUT2D eigenvalue weighted by Crippen LogP contribution is 2.20. The molecule has 29 heavy (non-hydrogen) atoms. The van der Waals surface area contributed by atoms with Crippen LogP contribution in [0.25, 0.3) is 0 Å². The molecule has 2 heterocycles. The first-order chi connectivity index (χ1) is 13.8. The summed E-state index contributed by atoms with van der Waals surface area (Å²) < 4.78 is 29.6. The zero-order chi connectivity index (χ0) is 20.9. The fourth-order valence-corrected chi connectivity index (χ4v) is 4.32. The molecular weight excluding hydrogens is 412 g/mol. The number of carbonyl (C=O) groups excluding carboxylic acids is 1. The van der Waals surface area contributed by atoms with Crippen LogP contribution in [0.2, 0.25) is 5.15 Å². The monoisotopic (exact) mass is 434 g/mol. The number of hydrogen-bond acceptors (Lipinski definition) is 4. The van der Waals surface area contributed by atoms with Gasteiger partial charge >= 0.3 is 0 Å². The molecule has 3 rings (SSSR count). The van der Waals surface area contributed by atoms with Gasteiger partial charge in [-0.3, -0.25) is 4.79 Å². The zero-order valence-electron chi connectivity index (χ0n) is 16.1.